The van der Waals surface area contributed by atoms with Gasteiger partial charge in [-0.1, -0.05) is 42.5 Å². The van der Waals surface area contributed by atoms with E-state index in [0.717, 1.165) is 23.2 Å². The van der Waals surface area contributed by atoms with Gasteiger partial charge >= 0.3 is 5.69 Å². The molecule has 0 aliphatic carbocycles. The maximum absolute atomic E-state index is 13.4. The number of hydrogen-bond acceptors (Lipinski definition) is 4. The van der Waals surface area contributed by atoms with Crippen LogP contribution in [0.15, 0.2) is 64.2 Å². The fraction of sp³-hybridized carbons (Fsp3) is 0.318. The molecule has 1 saturated heterocycles. The van der Waals surface area contributed by atoms with Gasteiger partial charge in [-0.2, -0.15) is 0 Å². The maximum atomic E-state index is 13.4. The molecule has 1 amide bonds. The van der Waals surface area contributed by atoms with Gasteiger partial charge in [0.05, 0.1) is 10.9 Å². The van der Waals surface area contributed by atoms with E-state index < -0.39 is 17.3 Å². The molecule has 2 heterocycles. The largest absolute Gasteiger partial charge is 0.338 e. The molecule has 0 saturated carbocycles. The average Bonchev–Trinajstić information content (AvgIpc) is 2.74. The van der Waals surface area contributed by atoms with E-state index in [9.17, 15) is 14.4 Å². The number of carbonyl (C=O) groups is 1. The molecule has 1 fully saturated rings. The summed E-state index contributed by atoms with van der Waals surface area (Å²) in [4.78, 5) is 46.2. The maximum Gasteiger partial charge on any atom is 0.329 e. The van der Waals surface area contributed by atoms with E-state index in [-0.39, 0.29) is 12.3 Å². The lowest BCUT2D eigenvalue weighted by Gasteiger charge is -2.34. The van der Waals surface area contributed by atoms with Crippen LogP contribution in [0.3, 0.4) is 0 Å². The lowest BCUT2D eigenvalue weighted by molar-refractivity contribution is -0.136. The van der Waals surface area contributed by atoms with Gasteiger partial charge in [-0.25, -0.2) is 9.36 Å². The van der Waals surface area contributed by atoms with E-state index in [1.165, 1.54) is 0 Å². The number of carbonyl (C=O) groups excluding carboxylic acids is 1. The van der Waals surface area contributed by atoms with Gasteiger partial charge in [0, 0.05) is 32.6 Å². The van der Waals surface area contributed by atoms with E-state index in [0.29, 0.717) is 24.0 Å². The predicted molar refractivity (Wildman–Crippen MR) is 112 cm³/mol. The summed E-state index contributed by atoms with van der Waals surface area (Å²) in [7, 11) is 2.02. The second kappa shape index (κ2) is 8.05. The molecule has 0 radical (unpaired) electrons. The number of aromatic amines is 1. The summed E-state index contributed by atoms with van der Waals surface area (Å²) in [6.45, 7) is 2.71. The first kappa shape index (κ1) is 19.1. The zero-order valence-electron chi connectivity index (χ0n) is 16.4. The van der Waals surface area contributed by atoms with E-state index >= 15 is 0 Å². The third-order valence-electron chi connectivity index (χ3n) is 5.52. The van der Waals surface area contributed by atoms with Gasteiger partial charge in [-0.15, -0.1) is 0 Å². The van der Waals surface area contributed by atoms with Crippen LogP contribution in [0.1, 0.15) is 11.6 Å². The first-order valence-corrected chi connectivity index (χ1v) is 9.79. The molecule has 4 rings (SSSR count). The molecule has 7 heteroatoms. The minimum absolute atomic E-state index is 0.190. The number of piperazine rings is 1. The highest BCUT2D eigenvalue weighted by atomic mass is 16.2. The van der Waals surface area contributed by atoms with Gasteiger partial charge < -0.3 is 14.8 Å². The summed E-state index contributed by atoms with van der Waals surface area (Å²) in [6, 6.07) is 15.5. The molecule has 0 bridgehead atoms. The van der Waals surface area contributed by atoms with Gasteiger partial charge in [0.15, 0.2) is 0 Å². The summed E-state index contributed by atoms with van der Waals surface area (Å²) >= 11 is 0. The molecule has 7 nitrogen and oxygen atoms in total. The van der Waals surface area contributed by atoms with Gasteiger partial charge in [0.2, 0.25) is 5.91 Å². The average molecular weight is 392 g/mol. The van der Waals surface area contributed by atoms with E-state index in [1.807, 2.05) is 37.4 Å². The van der Waals surface area contributed by atoms with E-state index in [2.05, 4.69) is 9.88 Å². The summed E-state index contributed by atoms with van der Waals surface area (Å²) in [6.07, 6.45) is 0.285. The smallest absolute Gasteiger partial charge is 0.329 e. The Morgan fingerprint density at radius 2 is 1.62 bits per heavy atom. The van der Waals surface area contributed by atoms with Crippen LogP contribution in [-0.4, -0.2) is 58.5 Å². The number of H-pyrrole nitrogens is 1. The molecule has 150 valence electrons. The molecular weight excluding hydrogens is 368 g/mol. The number of benzene rings is 2. The molecule has 1 aliphatic heterocycles. The zero-order valence-corrected chi connectivity index (χ0v) is 16.4. The van der Waals surface area contributed by atoms with Gasteiger partial charge in [0.25, 0.3) is 5.56 Å². The number of nitrogens with zero attached hydrogens (tertiary/aromatic N) is 3. The minimum Gasteiger partial charge on any atom is -0.338 e. The van der Waals surface area contributed by atoms with Crippen molar-refractivity contribution >= 4 is 16.8 Å². The first-order chi connectivity index (χ1) is 14.0. The number of amides is 1. The second-order valence-electron chi connectivity index (χ2n) is 7.48. The standard InChI is InChI=1S/C22H24N4O3/c1-24-11-13-25(14-12-24)21(28)19(15-16-7-3-2-4-8-16)26-20(27)17-9-5-6-10-18(17)23-22(26)29/h2-10,19H,11-15H2,1H3,(H,23,29). The molecule has 1 aliphatic rings. The SMILES string of the molecule is CN1CCN(C(=O)C(Cc2ccccc2)n2c(=O)[nH]c3ccccc3c2=O)CC1. The fourth-order valence-electron chi connectivity index (χ4n) is 3.82. The zero-order chi connectivity index (χ0) is 20.4. The van der Waals surface area contributed by atoms with Gasteiger partial charge in [0.1, 0.15) is 6.04 Å². The highest BCUT2D eigenvalue weighted by Crippen LogP contribution is 2.17. The third kappa shape index (κ3) is 3.86. The van der Waals surface area contributed by atoms with Crippen LogP contribution < -0.4 is 11.2 Å². The van der Waals surface area contributed by atoms with Crippen molar-refractivity contribution in [2.75, 3.05) is 33.2 Å². The van der Waals surface area contributed by atoms with Crippen molar-refractivity contribution in [3.05, 3.63) is 81.0 Å². The molecule has 3 aromatic rings. The Morgan fingerprint density at radius 1 is 0.966 bits per heavy atom. The highest BCUT2D eigenvalue weighted by molar-refractivity contribution is 5.82. The predicted octanol–water partition coefficient (Wildman–Crippen LogP) is 1.25. The third-order valence-corrected chi connectivity index (χ3v) is 5.52. The van der Waals surface area contributed by atoms with Gasteiger partial charge in [-0.3, -0.25) is 9.59 Å². The summed E-state index contributed by atoms with van der Waals surface area (Å²) in [5.41, 5.74) is 0.383. The van der Waals surface area contributed by atoms with Crippen molar-refractivity contribution in [2.24, 2.45) is 0 Å². The van der Waals surface area contributed by atoms with Crippen LogP contribution in [0.4, 0.5) is 0 Å². The summed E-state index contributed by atoms with van der Waals surface area (Å²) < 4.78 is 1.09. The Hall–Kier alpha value is -3.19. The minimum atomic E-state index is -0.887. The molecule has 29 heavy (non-hydrogen) atoms. The van der Waals surface area contributed by atoms with Crippen molar-refractivity contribution in [2.45, 2.75) is 12.5 Å². The van der Waals surface area contributed by atoms with Crippen LogP contribution in [-0.2, 0) is 11.2 Å². The van der Waals surface area contributed by atoms with Crippen LogP contribution in [0, 0.1) is 0 Å². The van der Waals surface area contributed by atoms with Crippen LogP contribution in [0.5, 0.6) is 0 Å². The van der Waals surface area contributed by atoms with Crippen LogP contribution in [0.2, 0.25) is 0 Å². The van der Waals surface area contributed by atoms with Crippen molar-refractivity contribution in [1.29, 1.82) is 0 Å². The summed E-state index contributed by atoms with van der Waals surface area (Å²) in [5, 5.41) is 0.399. The van der Waals surface area contributed by atoms with Crippen LogP contribution in [0.25, 0.3) is 10.9 Å². The lowest BCUT2D eigenvalue weighted by atomic mass is 10.0. The Labute approximate surface area is 168 Å². The molecule has 2 aromatic carbocycles. The molecular formula is C22H24N4O3. The Balaban J connectivity index is 1.80. The Morgan fingerprint density at radius 3 is 2.34 bits per heavy atom. The Bertz CT molecular complexity index is 1130. The van der Waals surface area contributed by atoms with E-state index in [4.69, 9.17) is 0 Å². The molecule has 1 atom stereocenters. The quantitative estimate of drug-likeness (QED) is 0.725. The number of likely N-dealkylation sites (N-methyl/N-ethyl adjacent to an activating group) is 1. The molecule has 1 unspecified atom stereocenters. The molecule has 1 N–H and O–H groups in total. The van der Waals surface area contributed by atoms with Gasteiger partial charge in [-0.05, 0) is 24.7 Å². The van der Waals surface area contributed by atoms with Crippen molar-refractivity contribution in [3.8, 4) is 0 Å². The van der Waals surface area contributed by atoms with Crippen molar-refractivity contribution < 1.29 is 4.79 Å². The molecule has 0 spiro atoms. The Kier molecular flexibility index (Phi) is 5.31. The lowest BCUT2D eigenvalue weighted by Crippen LogP contribution is -2.52. The monoisotopic (exact) mass is 392 g/mol. The number of para-hydroxylation sites is 1. The summed E-state index contributed by atoms with van der Waals surface area (Å²) in [5.74, 6) is -0.190. The van der Waals surface area contributed by atoms with Crippen molar-refractivity contribution in [1.82, 2.24) is 19.4 Å². The fourth-order valence-corrected chi connectivity index (χ4v) is 3.82. The number of aromatic nitrogens is 2. The highest BCUT2D eigenvalue weighted by Gasteiger charge is 2.30. The number of nitrogens with one attached hydrogen (secondary N) is 1. The van der Waals surface area contributed by atoms with Crippen molar-refractivity contribution in [3.63, 3.8) is 0 Å². The second-order valence-corrected chi connectivity index (χ2v) is 7.48. The number of fused-ring (bicyclic) bond motifs is 1. The van der Waals surface area contributed by atoms with Crippen LogP contribution >= 0.6 is 0 Å². The first-order valence-electron chi connectivity index (χ1n) is 9.79. The molecule has 1 aromatic heterocycles. The number of hydrogen-bond donors (Lipinski definition) is 1. The number of rotatable bonds is 4. The normalized spacial score (nSPS) is 16.1. The topological polar surface area (TPSA) is 78.4 Å². The van der Waals surface area contributed by atoms with E-state index in [1.54, 1.807) is 29.2 Å².